The van der Waals surface area contributed by atoms with Gasteiger partial charge in [-0.15, -0.1) is 0 Å². The predicted molar refractivity (Wildman–Crippen MR) is 85.3 cm³/mol. The van der Waals surface area contributed by atoms with E-state index in [0.29, 0.717) is 16.6 Å². The van der Waals surface area contributed by atoms with E-state index in [9.17, 15) is 4.39 Å². The molecule has 0 N–H and O–H groups in total. The number of aryl methyl sites for hydroxylation is 1. The molecular formula is C17H16Cl2FN. The summed E-state index contributed by atoms with van der Waals surface area (Å²) in [4.78, 5) is 2.28. The summed E-state index contributed by atoms with van der Waals surface area (Å²) in [5.74, 6) is -0.0838. The van der Waals surface area contributed by atoms with Gasteiger partial charge >= 0.3 is 0 Å². The van der Waals surface area contributed by atoms with Gasteiger partial charge in [0.1, 0.15) is 5.82 Å². The van der Waals surface area contributed by atoms with Crippen LogP contribution in [0.1, 0.15) is 23.1 Å². The average molecular weight is 324 g/mol. The molecule has 0 saturated heterocycles. The maximum absolute atomic E-state index is 13.7. The Bertz CT molecular complexity index is 657. The number of halogens is 3. The molecule has 1 aliphatic rings. The number of nitrogens with zero attached hydrogens (tertiary/aromatic N) is 1. The molecule has 0 atom stereocenters. The van der Waals surface area contributed by atoms with E-state index in [4.69, 9.17) is 23.2 Å². The molecule has 0 amide bonds. The lowest BCUT2D eigenvalue weighted by molar-refractivity contribution is 0.278. The van der Waals surface area contributed by atoms with E-state index < -0.39 is 0 Å². The van der Waals surface area contributed by atoms with Gasteiger partial charge < -0.3 is 0 Å². The second kappa shape index (κ2) is 6.35. The van der Waals surface area contributed by atoms with Crippen LogP contribution in [-0.4, -0.2) is 11.4 Å². The summed E-state index contributed by atoms with van der Waals surface area (Å²) in [5.41, 5.74) is 3.16. The van der Waals surface area contributed by atoms with Crippen molar-refractivity contribution in [2.24, 2.45) is 0 Å². The first-order chi connectivity index (χ1) is 10.1. The maximum Gasteiger partial charge on any atom is 0.128 e. The van der Waals surface area contributed by atoms with Crippen LogP contribution in [0.4, 0.5) is 4.39 Å². The molecule has 0 unspecified atom stereocenters. The molecule has 1 heterocycles. The van der Waals surface area contributed by atoms with Gasteiger partial charge in [0.15, 0.2) is 0 Å². The van der Waals surface area contributed by atoms with E-state index in [1.807, 2.05) is 24.3 Å². The molecule has 0 bridgehead atoms. The minimum Gasteiger partial charge on any atom is -0.295 e. The highest BCUT2D eigenvalue weighted by Gasteiger charge is 2.20. The van der Waals surface area contributed by atoms with E-state index >= 15 is 0 Å². The third-order valence-corrected chi connectivity index (χ3v) is 4.65. The van der Waals surface area contributed by atoms with Gasteiger partial charge in [0.25, 0.3) is 0 Å². The zero-order valence-electron chi connectivity index (χ0n) is 11.6. The summed E-state index contributed by atoms with van der Waals surface area (Å²) in [6.45, 7) is 2.51. The van der Waals surface area contributed by atoms with Gasteiger partial charge in [-0.05, 0) is 48.7 Å². The van der Waals surface area contributed by atoms with Crippen molar-refractivity contribution in [3.05, 3.63) is 69.0 Å². The Labute approximate surface area is 134 Å². The van der Waals surface area contributed by atoms with Gasteiger partial charge in [0, 0.05) is 18.7 Å². The number of rotatable bonds is 4. The number of benzene rings is 2. The van der Waals surface area contributed by atoms with Gasteiger partial charge in [0.05, 0.1) is 10.0 Å². The fourth-order valence-corrected chi connectivity index (χ4v) is 3.13. The fraction of sp³-hybridized carbons (Fsp3) is 0.294. The topological polar surface area (TPSA) is 3.24 Å². The quantitative estimate of drug-likeness (QED) is 0.758. The van der Waals surface area contributed by atoms with E-state index in [1.165, 1.54) is 11.6 Å². The monoisotopic (exact) mass is 323 g/mol. The maximum atomic E-state index is 13.7. The highest BCUT2D eigenvalue weighted by molar-refractivity contribution is 6.42. The molecule has 0 aliphatic carbocycles. The smallest absolute Gasteiger partial charge is 0.128 e. The fourth-order valence-electron chi connectivity index (χ4n) is 2.81. The van der Waals surface area contributed by atoms with Crippen LogP contribution in [0, 0.1) is 5.82 Å². The highest BCUT2D eigenvalue weighted by Crippen LogP contribution is 2.26. The van der Waals surface area contributed by atoms with Crippen LogP contribution >= 0.6 is 23.2 Å². The predicted octanol–water partition coefficient (Wildman–Crippen LogP) is 5.08. The molecule has 4 heteroatoms. The molecule has 2 aromatic rings. The van der Waals surface area contributed by atoms with Crippen LogP contribution in [0.5, 0.6) is 0 Å². The summed E-state index contributed by atoms with van der Waals surface area (Å²) in [7, 11) is 0. The Morgan fingerprint density at radius 2 is 1.90 bits per heavy atom. The normalized spacial score (nSPS) is 14.4. The SMILES string of the molecule is Fc1cccc2c1CN(CCCc1ccc(Cl)c(Cl)c1)C2. The summed E-state index contributed by atoms with van der Waals surface area (Å²) in [6, 6.07) is 11.1. The molecule has 0 saturated carbocycles. The van der Waals surface area contributed by atoms with Crippen LogP contribution in [0.3, 0.4) is 0 Å². The Hall–Kier alpha value is -1.09. The standard InChI is InChI=1S/C17H16Cl2FN/c18-15-7-6-12(9-16(15)19)3-2-8-21-10-13-4-1-5-17(20)14(13)11-21/h1,4-7,9H,2-3,8,10-11H2. The molecule has 3 rings (SSSR count). The van der Waals surface area contributed by atoms with Gasteiger partial charge in [-0.1, -0.05) is 41.4 Å². The Balaban J connectivity index is 1.53. The van der Waals surface area contributed by atoms with Crippen LogP contribution in [0.2, 0.25) is 10.0 Å². The lowest BCUT2D eigenvalue weighted by Gasteiger charge is -2.14. The van der Waals surface area contributed by atoms with E-state index in [-0.39, 0.29) is 5.82 Å². The molecule has 0 aromatic heterocycles. The van der Waals surface area contributed by atoms with Crippen LogP contribution in [0.25, 0.3) is 0 Å². The number of fused-ring (bicyclic) bond motifs is 1. The van der Waals surface area contributed by atoms with Crippen molar-refractivity contribution in [3.63, 3.8) is 0 Å². The zero-order chi connectivity index (χ0) is 14.8. The molecular weight excluding hydrogens is 308 g/mol. The van der Waals surface area contributed by atoms with E-state index in [2.05, 4.69) is 4.90 Å². The van der Waals surface area contributed by atoms with Crippen LogP contribution in [-0.2, 0) is 19.5 Å². The molecule has 110 valence electrons. The summed E-state index contributed by atoms with van der Waals surface area (Å²) in [5, 5.41) is 1.19. The van der Waals surface area contributed by atoms with Crippen molar-refractivity contribution in [2.45, 2.75) is 25.9 Å². The van der Waals surface area contributed by atoms with Crippen molar-refractivity contribution >= 4 is 23.2 Å². The molecule has 1 nitrogen and oxygen atoms in total. The first-order valence-electron chi connectivity index (χ1n) is 7.06. The second-order valence-corrected chi connectivity index (χ2v) is 6.25. The lowest BCUT2D eigenvalue weighted by Crippen LogP contribution is -2.18. The van der Waals surface area contributed by atoms with Gasteiger partial charge in [0.2, 0.25) is 0 Å². The highest BCUT2D eigenvalue weighted by atomic mass is 35.5. The third kappa shape index (κ3) is 3.39. The Kier molecular flexibility index (Phi) is 4.48. The number of hydrogen-bond donors (Lipinski definition) is 0. The van der Waals surface area contributed by atoms with Crippen LogP contribution in [0.15, 0.2) is 36.4 Å². The summed E-state index contributed by atoms with van der Waals surface area (Å²) < 4.78 is 13.7. The Morgan fingerprint density at radius 3 is 2.67 bits per heavy atom. The van der Waals surface area contributed by atoms with Gasteiger partial charge in [-0.25, -0.2) is 4.39 Å². The molecule has 2 aromatic carbocycles. The number of hydrogen-bond acceptors (Lipinski definition) is 1. The minimum atomic E-state index is -0.0838. The summed E-state index contributed by atoms with van der Waals surface area (Å²) in [6.07, 6.45) is 1.97. The third-order valence-electron chi connectivity index (χ3n) is 3.92. The first-order valence-corrected chi connectivity index (χ1v) is 7.81. The molecule has 1 aliphatic heterocycles. The van der Waals surface area contributed by atoms with Gasteiger partial charge in [-0.3, -0.25) is 4.90 Å². The molecule has 0 spiro atoms. The first kappa shape index (κ1) is 14.8. The van der Waals surface area contributed by atoms with Crippen LogP contribution < -0.4 is 0 Å². The average Bonchev–Trinajstić information content (AvgIpc) is 2.87. The zero-order valence-corrected chi connectivity index (χ0v) is 13.1. The minimum absolute atomic E-state index is 0.0838. The van der Waals surface area contributed by atoms with Crippen molar-refractivity contribution < 1.29 is 4.39 Å². The molecule has 21 heavy (non-hydrogen) atoms. The van der Waals surface area contributed by atoms with E-state index in [1.54, 1.807) is 6.07 Å². The van der Waals surface area contributed by atoms with Crippen molar-refractivity contribution in [1.29, 1.82) is 0 Å². The second-order valence-electron chi connectivity index (χ2n) is 5.44. The molecule has 0 radical (unpaired) electrons. The van der Waals surface area contributed by atoms with Crippen molar-refractivity contribution in [3.8, 4) is 0 Å². The Morgan fingerprint density at radius 1 is 1.05 bits per heavy atom. The van der Waals surface area contributed by atoms with E-state index in [0.717, 1.165) is 37.1 Å². The molecule has 0 fully saturated rings. The van der Waals surface area contributed by atoms with Crippen molar-refractivity contribution in [2.75, 3.05) is 6.54 Å². The summed E-state index contributed by atoms with van der Waals surface area (Å²) >= 11 is 11.9. The largest absolute Gasteiger partial charge is 0.295 e. The van der Waals surface area contributed by atoms with Gasteiger partial charge in [-0.2, -0.15) is 0 Å². The lowest BCUT2D eigenvalue weighted by atomic mass is 10.1. The van der Waals surface area contributed by atoms with Crippen molar-refractivity contribution in [1.82, 2.24) is 4.90 Å².